The van der Waals surface area contributed by atoms with Crippen LogP contribution in [0.3, 0.4) is 0 Å². The van der Waals surface area contributed by atoms with Crippen molar-refractivity contribution in [3.8, 4) is 0 Å². The van der Waals surface area contributed by atoms with Gasteiger partial charge in [-0.3, -0.25) is 4.79 Å². The maximum Gasteiger partial charge on any atom is 0.242 e. The van der Waals surface area contributed by atoms with E-state index in [1.54, 1.807) is 0 Å². The molecule has 0 aromatic heterocycles. The van der Waals surface area contributed by atoms with Crippen LogP contribution in [0.25, 0.3) is 0 Å². The molecule has 0 bridgehead atoms. The van der Waals surface area contributed by atoms with Crippen LogP contribution in [0.15, 0.2) is 0 Å². The number of nitrogens with zero attached hydrogens (tertiary/aromatic N) is 1. The fraction of sp³-hybridized carbons (Fsp3) is 0.923. The summed E-state index contributed by atoms with van der Waals surface area (Å²) < 4.78 is 11.4. The van der Waals surface area contributed by atoms with E-state index < -0.39 is 0 Å². The van der Waals surface area contributed by atoms with Gasteiger partial charge in [-0.1, -0.05) is 0 Å². The van der Waals surface area contributed by atoms with Gasteiger partial charge in [-0.05, 0) is 27.7 Å². The molecule has 0 aliphatic carbocycles. The second-order valence-electron chi connectivity index (χ2n) is 5.91. The summed E-state index contributed by atoms with van der Waals surface area (Å²) in [6, 6.07) is -0.222. The highest BCUT2D eigenvalue weighted by Gasteiger charge is 2.38. The Bertz CT molecular complexity index is 319. The zero-order chi connectivity index (χ0) is 13.3. The largest absolute Gasteiger partial charge is 0.375 e. The normalized spacial score (nSPS) is 36.4. The van der Waals surface area contributed by atoms with Crippen LogP contribution in [0.2, 0.25) is 0 Å². The third-order valence-electron chi connectivity index (χ3n) is 3.46. The fourth-order valence-corrected chi connectivity index (χ4v) is 2.83. The molecule has 18 heavy (non-hydrogen) atoms. The van der Waals surface area contributed by atoms with Crippen molar-refractivity contribution in [2.45, 2.75) is 51.5 Å². The topological polar surface area (TPSA) is 50.8 Å². The van der Waals surface area contributed by atoms with Crippen molar-refractivity contribution in [2.75, 3.05) is 26.2 Å². The Hall–Kier alpha value is -0.650. The van der Waals surface area contributed by atoms with E-state index in [1.807, 2.05) is 32.6 Å². The lowest BCUT2D eigenvalue weighted by Crippen LogP contribution is -2.61. The lowest BCUT2D eigenvalue weighted by Gasteiger charge is -2.44. The third kappa shape index (κ3) is 3.02. The standard InChI is InChI=1S/C13H24N2O3/c1-9-7-15(8-13(3,4)18-9)12(16)11-10(2)17-6-5-14-11/h9-11,14H,5-8H2,1-4H3/t9?,10-,11+/m1/s1. The summed E-state index contributed by atoms with van der Waals surface area (Å²) in [5, 5.41) is 3.25. The van der Waals surface area contributed by atoms with E-state index in [0.29, 0.717) is 19.7 Å². The SMILES string of the molecule is CC1CN(C(=O)[C@H]2NCCO[C@@H]2C)CC(C)(C)O1. The number of rotatable bonds is 1. The summed E-state index contributed by atoms with van der Waals surface area (Å²) in [6.45, 7) is 10.7. The molecule has 2 rings (SSSR count). The Labute approximate surface area is 109 Å². The first-order chi connectivity index (χ1) is 8.39. The molecule has 3 atom stereocenters. The minimum absolute atomic E-state index is 0.0625. The molecular formula is C13H24N2O3. The van der Waals surface area contributed by atoms with E-state index in [-0.39, 0.29) is 29.8 Å². The van der Waals surface area contributed by atoms with Gasteiger partial charge in [-0.15, -0.1) is 0 Å². The van der Waals surface area contributed by atoms with Crippen molar-refractivity contribution < 1.29 is 14.3 Å². The molecule has 5 nitrogen and oxygen atoms in total. The van der Waals surface area contributed by atoms with Gasteiger partial charge in [0.25, 0.3) is 0 Å². The summed E-state index contributed by atoms with van der Waals surface area (Å²) in [5.41, 5.74) is -0.272. The number of hydrogen-bond donors (Lipinski definition) is 1. The Morgan fingerprint density at radius 2 is 2.11 bits per heavy atom. The zero-order valence-electron chi connectivity index (χ0n) is 11.7. The van der Waals surface area contributed by atoms with Gasteiger partial charge < -0.3 is 19.7 Å². The third-order valence-corrected chi connectivity index (χ3v) is 3.46. The van der Waals surface area contributed by atoms with E-state index in [1.165, 1.54) is 0 Å². The first-order valence-corrected chi connectivity index (χ1v) is 6.71. The number of amides is 1. The van der Waals surface area contributed by atoms with Crippen LogP contribution in [0, 0.1) is 0 Å². The monoisotopic (exact) mass is 256 g/mol. The van der Waals surface area contributed by atoms with E-state index in [0.717, 1.165) is 6.54 Å². The summed E-state index contributed by atoms with van der Waals surface area (Å²) >= 11 is 0. The molecule has 2 heterocycles. The molecule has 1 amide bonds. The molecule has 0 aromatic carbocycles. The van der Waals surface area contributed by atoms with Crippen molar-refractivity contribution in [2.24, 2.45) is 0 Å². The molecule has 1 unspecified atom stereocenters. The van der Waals surface area contributed by atoms with E-state index in [9.17, 15) is 4.79 Å². The van der Waals surface area contributed by atoms with Crippen LogP contribution in [0.4, 0.5) is 0 Å². The van der Waals surface area contributed by atoms with Crippen molar-refractivity contribution >= 4 is 5.91 Å². The fourth-order valence-electron chi connectivity index (χ4n) is 2.83. The molecule has 0 saturated carbocycles. The molecule has 0 radical (unpaired) electrons. The average Bonchev–Trinajstić information content (AvgIpc) is 2.26. The number of nitrogens with one attached hydrogen (secondary N) is 1. The van der Waals surface area contributed by atoms with Gasteiger partial charge in [-0.25, -0.2) is 0 Å². The van der Waals surface area contributed by atoms with E-state index in [4.69, 9.17) is 9.47 Å². The lowest BCUT2D eigenvalue weighted by atomic mass is 10.0. The molecule has 0 spiro atoms. The molecule has 2 saturated heterocycles. The zero-order valence-corrected chi connectivity index (χ0v) is 11.7. The van der Waals surface area contributed by atoms with Crippen molar-refractivity contribution in [3.63, 3.8) is 0 Å². The van der Waals surface area contributed by atoms with Gasteiger partial charge in [0.2, 0.25) is 5.91 Å². The van der Waals surface area contributed by atoms with Gasteiger partial charge in [0.15, 0.2) is 0 Å². The number of morpholine rings is 2. The number of carbonyl (C=O) groups excluding carboxylic acids is 1. The molecule has 104 valence electrons. The van der Waals surface area contributed by atoms with Crippen LogP contribution in [-0.2, 0) is 14.3 Å². The molecule has 0 aromatic rings. The summed E-state index contributed by atoms with van der Waals surface area (Å²) in [6.07, 6.45) is 0.0185. The first-order valence-electron chi connectivity index (χ1n) is 6.71. The van der Waals surface area contributed by atoms with Crippen LogP contribution in [0.1, 0.15) is 27.7 Å². The van der Waals surface area contributed by atoms with Gasteiger partial charge in [-0.2, -0.15) is 0 Å². The van der Waals surface area contributed by atoms with Crippen LogP contribution < -0.4 is 5.32 Å². The van der Waals surface area contributed by atoms with E-state index >= 15 is 0 Å². The number of hydrogen-bond acceptors (Lipinski definition) is 4. The summed E-state index contributed by atoms with van der Waals surface area (Å²) in [7, 11) is 0. The minimum Gasteiger partial charge on any atom is -0.375 e. The Balaban J connectivity index is 2.03. The molecule has 1 N–H and O–H groups in total. The lowest BCUT2D eigenvalue weighted by molar-refractivity contribution is -0.164. The second-order valence-corrected chi connectivity index (χ2v) is 5.91. The number of ether oxygens (including phenoxy) is 2. The smallest absolute Gasteiger partial charge is 0.242 e. The number of carbonyl (C=O) groups is 1. The predicted octanol–water partition coefficient (Wildman–Crippen LogP) is 0.389. The molecule has 2 aliphatic heterocycles. The highest BCUT2D eigenvalue weighted by molar-refractivity contribution is 5.82. The van der Waals surface area contributed by atoms with Crippen molar-refractivity contribution in [3.05, 3.63) is 0 Å². The first kappa shape index (κ1) is 13.8. The average molecular weight is 256 g/mol. The van der Waals surface area contributed by atoms with Gasteiger partial charge in [0, 0.05) is 19.6 Å². The molecule has 2 fully saturated rings. The second kappa shape index (κ2) is 5.15. The van der Waals surface area contributed by atoms with Crippen LogP contribution in [-0.4, -0.2) is 60.9 Å². The van der Waals surface area contributed by atoms with Crippen molar-refractivity contribution in [1.82, 2.24) is 10.2 Å². The van der Waals surface area contributed by atoms with Crippen molar-refractivity contribution in [1.29, 1.82) is 0 Å². The quantitative estimate of drug-likeness (QED) is 0.737. The van der Waals surface area contributed by atoms with Crippen LogP contribution >= 0.6 is 0 Å². The minimum atomic E-state index is -0.272. The van der Waals surface area contributed by atoms with Crippen LogP contribution in [0.5, 0.6) is 0 Å². The predicted molar refractivity (Wildman–Crippen MR) is 68.4 cm³/mol. The summed E-state index contributed by atoms with van der Waals surface area (Å²) in [4.78, 5) is 14.4. The highest BCUT2D eigenvalue weighted by Crippen LogP contribution is 2.22. The Morgan fingerprint density at radius 3 is 2.72 bits per heavy atom. The summed E-state index contributed by atoms with van der Waals surface area (Å²) in [5.74, 6) is 0.130. The van der Waals surface area contributed by atoms with Gasteiger partial charge in [0.05, 0.1) is 24.4 Å². The van der Waals surface area contributed by atoms with Gasteiger partial charge >= 0.3 is 0 Å². The highest BCUT2D eigenvalue weighted by atomic mass is 16.5. The Morgan fingerprint density at radius 1 is 1.39 bits per heavy atom. The van der Waals surface area contributed by atoms with Gasteiger partial charge in [0.1, 0.15) is 6.04 Å². The maximum absolute atomic E-state index is 12.5. The molecular weight excluding hydrogens is 232 g/mol. The van der Waals surface area contributed by atoms with E-state index in [2.05, 4.69) is 5.32 Å². The Kier molecular flexibility index (Phi) is 3.94. The molecule has 2 aliphatic rings. The molecule has 5 heteroatoms. The maximum atomic E-state index is 12.5.